The lowest BCUT2D eigenvalue weighted by molar-refractivity contribution is 0.0273. The van der Waals surface area contributed by atoms with Crippen molar-refractivity contribution in [3.05, 3.63) is 24.0 Å². The maximum atomic E-state index is 13.1. The van der Waals surface area contributed by atoms with Crippen LogP contribution in [-0.4, -0.2) is 16.5 Å². The molecule has 0 unspecified atom stereocenters. The van der Waals surface area contributed by atoms with Crippen LogP contribution in [-0.2, 0) is 0 Å². The third-order valence-corrected chi connectivity index (χ3v) is 4.44. The predicted molar refractivity (Wildman–Crippen MR) is 69.6 cm³/mol. The highest BCUT2D eigenvalue weighted by Crippen LogP contribution is 2.34. The molecule has 1 aliphatic rings. The minimum absolute atomic E-state index is 0.317. The molecule has 0 radical (unpaired) electrons. The van der Waals surface area contributed by atoms with Crippen molar-refractivity contribution in [1.82, 2.24) is 0 Å². The van der Waals surface area contributed by atoms with Gasteiger partial charge in [-0.05, 0) is 31.0 Å². The second-order valence-corrected chi connectivity index (χ2v) is 5.84. The first-order valence-electron chi connectivity index (χ1n) is 5.99. The third kappa shape index (κ3) is 3.61. The molecule has 0 atom stereocenters. The number of aliphatic hydroxyl groups is 1. The monoisotopic (exact) mass is 255 g/mol. The number of rotatable bonds is 3. The zero-order chi connectivity index (χ0) is 12.3. The molecule has 94 valence electrons. The van der Waals surface area contributed by atoms with E-state index in [1.165, 1.54) is 30.3 Å². The topological polar surface area (TPSA) is 46.2 Å². The van der Waals surface area contributed by atoms with Crippen LogP contribution in [0, 0.1) is 5.82 Å². The Balaban J connectivity index is 1.96. The second kappa shape index (κ2) is 5.27. The number of benzene rings is 1. The molecule has 0 aromatic heterocycles. The fourth-order valence-corrected chi connectivity index (χ4v) is 3.38. The number of anilines is 1. The van der Waals surface area contributed by atoms with Gasteiger partial charge in [-0.1, -0.05) is 19.3 Å². The van der Waals surface area contributed by atoms with E-state index in [-0.39, 0.29) is 5.82 Å². The number of nitrogen functional groups attached to an aromatic ring is 1. The number of nitrogens with two attached hydrogens (primary N) is 1. The Hall–Kier alpha value is -0.740. The normalized spacial score (nSPS) is 19.2. The summed E-state index contributed by atoms with van der Waals surface area (Å²) in [6.45, 7) is 0. The van der Waals surface area contributed by atoms with Gasteiger partial charge in [0.15, 0.2) is 0 Å². The Bertz CT molecular complexity index is 371. The van der Waals surface area contributed by atoms with Crippen LogP contribution in [0.4, 0.5) is 10.1 Å². The molecule has 1 aliphatic carbocycles. The lowest BCUT2D eigenvalue weighted by atomic mass is 9.86. The fourth-order valence-electron chi connectivity index (χ4n) is 2.24. The van der Waals surface area contributed by atoms with E-state index in [9.17, 15) is 9.50 Å². The van der Waals surface area contributed by atoms with Crippen molar-refractivity contribution in [3.63, 3.8) is 0 Å². The van der Waals surface area contributed by atoms with Gasteiger partial charge in [-0.15, -0.1) is 11.8 Å². The average Bonchev–Trinajstić information content (AvgIpc) is 2.26. The van der Waals surface area contributed by atoms with Crippen molar-refractivity contribution in [2.24, 2.45) is 0 Å². The van der Waals surface area contributed by atoms with Crippen molar-refractivity contribution in [2.75, 3.05) is 11.5 Å². The Labute approximate surface area is 105 Å². The van der Waals surface area contributed by atoms with E-state index < -0.39 is 5.60 Å². The number of thioether (sulfide) groups is 1. The number of hydrogen-bond donors (Lipinski definition) is 2. The zero-order valence-electron chi connectivity index (χ0n) is 9.79. The van der Waals surface area contributed by atoms with Gasteiger partial charge in [-0.25, -0.2) is 4.39 Å². The average molecular weight is 255 g/mol. The van der Waals surface area contributed by atoms with E-state index in [4.69, 9.17) is 5.73 Å². The SMILES string of the molecule is Nc1cc(F)cc(SCC2(O)CCCCC2)c1. The molecule has 4 heteroatoms. The van der Waals surface area contributed by atoms with Crippen LogP contribution in [0.2, 0.25) is 0 Å². The summed E-state index contributed by atoms with van der Waals surface area (Å²) in [7, 11) is 0. The van der Waals surface area contributed by atoms with Gasteiger partial charge in [0, 0.05) is 16.3 Å². The molecule has 0 aliphatic heterocycles. The summed E-state index contributed by atoms with van der Waals surface area (Å²) in [5, 5.41) is 10.3. The van der Waals surface area contributed by atoms with Gasteiger partial charge in [0.25, 0.3) is 0 Å². The van der Waals surface area contributed by atoms with E-state index in [0.717, 1.165) is 30.6 Å². The molecule has 3 N–H and O–H groups in total. The lowest BCUT2D eigenvalue weighted by Crippen LogP contribution is -2.33. The molecule has 0 spiro atoms. The zero-order valence-corrected chi connectivity index (χ0v) is 10.6. The Morgan fingerprint density at radius 1 is 1.24 bits per heavy atom. The maximum absolute atomic E-state index is 13.1. The predicted octanol–water partition coefficient (Wildman–Crippen LogP) is 3.20. The fraction of sp³-hybridized carbons (Fsp3) is 0.538. The molecule has 2 nitrogen and oxygen atoms in total. The minimum Gasteiger partial charge on any atom is -0.399 e. The Kier molecular flexibility index (Phi) is 3.94. The van der Waals surface area contributed by atoms with E-state index in [1.54, 1.807) is 6.07 Å². The molecule has 1 saturated carbocycles. The van der Waals surface area contributed by atoms with Gasteiger partial charge in [0.05, 0.1) is 5.60 Å². The lowest BCUT2D eigenvalue weighted by Gasteiger charge is -2.31. The van der Waals surface area contributed by atoms with Crippen molar-refractivity contribution in [2.45, 2.75) is 42.6 Å². The maximum Gasteiger partial charge on any atom is 0.126 e. The van der Waals surface area contributed by atoms with Gasteiger partial charge in [0.2, 0.25) is 0 Å². The molecule has 1 fully saturated rings. The van der Waals surface area contributed by atoms with Crippen LogP contribution < -0.4 is 5.73 Å². The smallest absolute Gasteiger partial charge is 0.126 e. The summed E-state index contributed by atoms with van der Waals surface area (Å²) < 4.78 is 13.1. The summed E-state index contributed by atoms with van der Waals surface area (Å²) in [6.07, 6.45) is 5.08. The summed E-state index contributed by atoms with van der Waals surface area (Å²) in [4.78, 5) is 0.793. The number of hydrogen-bond acceptors (Lipinski definition) is 3. The molecule has 0 amide bonds. The van der Waals surface area contributed by atoms with E-state index >= 15 is 0 Å². The molecule has 0 bridgehead atoms. The highest BCUT2D eigenvalue weighted by Gasteiger charge is 2.29. The summed E-state index contributed by atoms with van der Waals surface area (Å²) in [5.41, 5.74) is 5.44. The first-order chi connectivity index (χ1) is 8.07. The van der Waals surface area contributed by atoms with Crippen LogP contribution in [0.15, 0.2) is 23.1 Å². The minimum atomic E-state index is -0.579. The standard InChI is InChI=1S/C13H18FNOS/c14-10-6-11(15)8-12(7-10)17-9-13(16)4-2-1-3-5-13/h6-8,16H,1-5,9,15H2. The highest BCUT2D eigenvalue weighted by molar-refractivity contribution is 7.99. The van der Waals surface area contributed by atoms with Crippen molar-refractivity contribution in [1.29, 1.82) is 0 Å². The van der Waals surface area contributed by atoms with Crippen molar-refractivity contribution >= 4 is 17.4 Å². The molecular formula is C13H18FNOS. The Morgan fingerprint density at radius 3 is 2.59 bits per heavy atom. The highest BCUT2D eigenvalue weighted by atomic mass is 32.2. The van der Waals surface area contributed by atoms with Crippen LogP contribution in [0.5, 0.6) is 0 Å². The summed E-state index contributed by atoms with van der Waals surface area (Å²) in [5.74, 6) is 0.304. The van der Waals surface area contributed by atoms with Gasteiger partial charge in [0.1, 0.15) is 5.82 Å². The van der Waals surface area contributed by atoms with Gasteiger partial charge < -0.3 is 10.8 Å². The van der Waals surface area contributed by atoms with E-state index in [2.05, 4.69) is 0 Å². The van der Waals surface area contributed by atoms with Gasteiger partial charge in [-0.3, -0.25) is 0 Å². The molecular weight excluding hydrogens is 237 g/mol. The third-order valence-electron chi connectivity index (χ3n) is 3.19. The molecule has 1 aromatic carbocycles. The van der Waals surface area contributed by atoms with Crippen molar-refractivity contribution < 1.29 is 9.50 Å². The second-order valence-electron chi connectivity index (χ2n) is 4.79. The molecule has 17 heavy (non-hydrogen) atoms. The van der Waals surface area contributed by atoms with Crippen LogP contribution in [0.25, 0.3) is 0 Å². The molecule has 0 heterocycles. The first-order valence-corrected chi connectivity index (χ1v) is 6.97. The van der Waals surface area contributed by atoms with Crippen LogP contribution in [0.3, 0.4) is 0 Å². The number of halogens is 1. The first kappa shape index (κ1) is 12.7. The quantitative estimate of drug-likeness (QED) is 0.644. The van der Waals surface area contributed by atoms with Crippen LogP contribution in [0.1, 0.15) is 32.1 Å². The largest absolute Gasteiger partial charge is 0.399 e. The van der Waals surface area contributed by atoms with Crippen molar-refractivity contribution in [3.8, 4) is 0 Å². The van der Waals surface area contributed by atoms with Gasteiger partial charge in [-0.2, -0.15) is 0 Å². The van der Waals surface area contributed by atoms with E-state index in [0.29, 0.717) is 11.4 Å². The molecule has 2 rings (SSSR count). The van der Waals surface area contributed by atoms with Crippen LogP contribution >= 0.6 is 11.8 Å². The summed E-state index contributed by atoms with van der Waals surface area (Å²) in [6, 6.07) is 4.52. The molecule has 0 saturated heterocycles. The summed E-state index contributed by atoms with van der Waals surface area (Å²) >= 11 is 1.48. The van der Waals surface area contributed by atoms with E-state index in [1.807, 2.05) is 0 Å². The Morgan fingerprint density at radius 2 is 1.94 bits per heavy atom. The van der Waals surface area contributed by atoms with Gasteiger partial charge >= 0.3 is 0 Å². The molecule has 1 aromatic rings.